The molecule has 0 radical (unpaired) electrons. The number of unbranched alkanes of at least 4 members (excludes halogenated alkanes) is 30. The van der Waals surface area contributed by atoms with Crippen LogP contribution in [0.15, 0.2) is 0 Å². The third-order valence-electron chi connectivity index (χ3n) is 13.0. The van der Waals surface area contributed by atoms with Crippen LogP contribution in [0.1, 0.15) is 343 Å². The third kappa shape index (κ3) is 26.1. The number of aromatic carboxylic acids is 1. The Labute approximate surface area is 397 Å². The number of ketones is 4. The zero-order chi connectivity index (χ0) is 47.9. The molecule has 8 heteroatoms. The molecule has 0 aliphatic heterocycles. The van der Waals surface area contributed by atoms with Crippen LogP contribution < -0.4 is 4.74 Å². The van der Waals surface area contributed by atoms with E-state index in [1.165, 1.54) is 0 Å². The summed E-state index contributed by atoms with van der Waals surface area (Å²) in [6.45, 7) is 10.8. The summed E-state index contributed by atoms with van der Waals surface area (Å²) in [5.41, 5.74) is -1.69. The summed E-state index contributed by atoms with van der Waals surface area (Å²) in [4.78, 5) is 86.6. The Bertz CT molecular complexity index is 1490. The molecule has 0 fully saturated rings. The van der Waals surface area contributed by atoms with Crippen LogP contribution in [0.25, 0.3) is 0 Å². The van der Waals surface area contributed by atoms with E-state index in [2.05, 4.69) is 34.6 Å². The molecule has 372 valence electrons. The van der Waals surface area contributed by atoms with Crippen molar-refractivity contribution in [2.45, 2.75) is 291 Å². The van der Waals surface area contributed by atoms with Gasteiger partial charge < -0.3 is 9.84 Å². The molecule has 0 aliphatic carbocycles. The molecule has 1 N–H and O–H groups in total. The van der Waals surface area contributed by atoms with E-state index in [1.54, 1.807) is 0 Å². The van der Waals surface area contributed by atoms with Crippen molar-refractivity contribution in [3.05, 3.63) is 27.8 Å². The summed E-state index contributed by atoms with van der Waals surface area (Å²) in [6.07, 6.45) is 33.4. The number of hydrogen-bond acceptors (Lipinski definition) is 7. The van der Waals surface area contributed by atoms with E-state index in [1.807, 2.05) is 0 Å². The van der Waals surface area contributed by atoms with Crippen molar-refractivity contribution in [3.8, 4) is 5.75 Å². The first-order valence-electron chi connectivity index (χ1n) is 27.4. The van der Waals surface area contributed by atoms with Gasteiger partial charge in [0.15, 0.2) is 28.9 Å². The Kier molecular flexibility index (Phi) is 36.8. The van der Waals surface area contributed by atoms with Gasteiger partial charge >= 0.3 is 11.9 Å². The van der Waals surface area contributed by atoms with Crippen LogP contribution in [-0.4, -0.2) is 40.2 Å². The molecule has 1 aromatic carbocycles. The van der Waals surface area contributed by atoms with Gasteiger partial charge in [0.25, 0.3) is 0 Å². The van der Waals surface area contributed by atoms with Gasteiger partial charge in [-0.1, -0.05) is 227 Å². The predicted molar refractivity (Wildman–Crippen MR) is 269 cm³/mol. The summed E-state index contributed by atoms with van der Waals surface area (Å²) in [5, 5.41) is 11.1. The predicted octanol–water partition coefficient (Wildman–Crippen LogP) is 17.7. The summed E-state index contributed by atoms with van der Waals surface area (Å²) in [5.74, 6) is -4.79. The maximum atomic E-state index is 14.9. The SMILES string of the molecule is CCCCCCCCCC(=O)Oc1c(C(=O)O)c(C(=O)CCCCCCCCC)c(C(=O)CCCCCCCCC)c(C(=O)CCCCCCCCC)c1C(=O)CCCCCCCCC. The fourth-order valence-corrected chi connectivity index (χ4v) is 9.00. The second-order valence-electron chi connectivity index (χ2n) is 19.0. The quantitative estimate of drug-likeness (QED) is 0.0296. The van der Waals surface area contributed by atoms with E-state index >= 15 is 0 Å². The molecule has 0 amide bonds. The van der Waals surface area contributed by atoms with Crippen molar-refractivity contribution in [1.29, 1.82) is 0 Å². The molecule has 1 rings (SSSR count). The van der Waals surface area contributed by atoms with E-state index in [0.717, 1.165) is 193 Å². The van der Waals surface area contributed by atoms with Crippen LogP contribution in [0.2, 0.25) is 0 Å². The Balaban J connectivity index is 4.02. The lowest BCUT2D eigenvalue weighted by molar-refractivity contribution is -0.134. The fourth-order valence-electron chi connectivity index (χ4n) is 9.00. The van der Waals surface area contributed by atoms with Crippen LogP contribution in [0.5, 0.6) is 5.75 Å². The molecule has 0 spiro atoms. The number of benzene rings is 1. The highest BCUT2D eigenvalue weighted by Gasteiger charge is 2.39. The Morgan fingerprint density at radius 3 is 0.785 bits per heavy atom. The van der Waals surface area contributed by atoms with E-state index in [0.29, 0.717) is 32.1 Å². The molecule has 0 saturated heterocycles. The highest BCUT2D eigenvalue weighted by atomic mass is 16.5. The largest absolute Gasteiger partial charge is 0.478 e. The van der Waals surface area contributed by atoms with Gasteiger partial charge in [0.05, 0.1) is 5.56 Å². The van der Waals surface area contributed by atoms with Crippen LogP contribution in [0.3, 0.4) is 0 Å². The molecule has 0 unspecified atom stereocenters. The van der Waals surface area contributed by atoms with Crippen LogP contribution in [0.4, 0.5) is 0 Å². The molecule has 0 aromatic heterocycles. The maximum Gasteiger partial charge on any atom is 0.340 e. The second kappa shape index (κ2) is 40.0. The van der Waals surface area contributed by atoms with E-state index in [-0.39, 0.29) is 54.4 Å². The zero-order valence-corrected chi connectivity index (χ0v) is 42.6. The molecule has 65 heavy (non-hydrogen) atoms. The van der Waals surface area contributed by atoms with E-state index in [4.69, 9.17) is 4.74 Å². The van der Waals surface area contributed by atoms with Crippen molar-refractivity contribution in [3.63, 3.8) is 0 Å². The molecule has 0 aliphatic rings. The number of carbonyl (C=O) groups excluding carboxylic acids is 5. The normalized spacial score (nSPS) is 11.3. The van der Waals surface area contributed by atoms with Gasteiger partial charge in [-0.25, -0.2) is 4.79 Å². The minimum atomic E-state index is -1.55. The van der Waals surface area contributed by atoms with Gasteiger partial charge in [-0.3, -0.25) is 24.0 Å². The summed E-state index contributed by atoms with van der Waals surface area (Å²) >= 11 is 0. The number of hydrogen-bond donors (Lipinski definition) is 1. The highest BCUT2D eigenvalue weighted by Crippen LogP contribution is 2.39. The van der Waals surface area contributed by atoms with Gasteiger partial charge in [0.2, 0.25) is 0 Å². The fraction of sp³-hybridized carbons (Fsp3) is 0.789. The van der Waals surface area contributed by atoms with Gasteiger partial charge in [-0.15, -0.1) is 0 Å². The first-order chi connectivity index (χ1) is 31.6. The molecule has 0 atom stereocenters. The third-order valence-corrected chi connectivity index (χ3v) is 13.0. The van der Waals surface area contributed by atoms with Crippen molar-refractivity contribution in [2.24, 2.45) is 0 Å². The van der Waals surface area contributed by atoms with Crippen molar-refractivity contribution >= 4 is 35.1 Å². The molecule has 8 nitrogen and oxygen atoms in total. The van der Waals surface area contributed by atoms with Gasteiger partial charge in [0, 0.05) is 48.8 Å². The minimum absolute atomic E-state index is 0.000211. The van der Waals surface area contributed by atoms with Crippen molar-refractivity contribution in [1.82, 2.24) is 0 Å². The number of esters is 1. The summed E-state index contributed by atoms with van der Waals surface area (Å²) in [7, 11) is 0. The number of rotatable bonds is 46. The van der Waals surface area contributed by atoms with E-state index < -0.39 is 46.4 Å². The zero-order valence-electron chi connectivity index (χ0n) is 42.6. The number of carbonyl (C=O) groups is 6. The smallest absolute Gasteiger partial charge is 0.340 e. The summed E-state index contributed by atoms with van der Waals surface area (Å²) in [6, 6.07) is 0. The average Bonchev–Trinajstić information content (AvgIpc) is 3.29. The van der Waals surface area contributed by atoms with Gasteiger partial charge in [0.1, 0.15) is 5.56 Å². The lowest BCUT2D eigenvalue weighted by Gasteiger charge is -2.23. The molecule has 0 saturated carbocycles. The minimum Gasteiger partial charge on any atom is -0.478 e. The highest BCUT2D eigenvalue weighted by molar-refractivity contribution is 6.24. The number of carboxylic acids is 1. The monoisotopic (exact) mass is 909 g/mol. The van der Waals surface area contributed by atoms with E-state index in [9.17, 15) is 33.9 Å². The lowest BCUT2D eigenvalue weighted by Crippen LogP contribution is -2.26. The van der Waals surface area contributed by atoms with Gasteiger partial charge in [-0.2, -0.15) is 0 Å². The maximum absolute atomic E-state index is 14.9. The molecule has 0 heterocycles. The second-order valence-corrected chi connectivity index (χ2v) is 19.0. The van der Waals surface area contributed by atoms with Crippen molar-refractivity contribution < 1.29 is 38.6 Å². The molecular formula is C57H96O8. The first kappa shape index (κ1) is 59.9. The standard InChI is InChI=1S/C57H96O8/c1-6-11-16-21-26-31-36-41-46(58)51-52(47(59)42-37-32-27-22-17-12-7-2)54(49(61)44-39-34-29-24-19-14-9-4)56(65-50(62)45-40-35-30-25-20-15-10-5)55(57(63)64)53(51)48(60)43-38-33-28-23-18-13-8-3/h6-45H2,1-5H3,(H,63,64). The van der Waals surface area contributed by atoms with Crippen molar-refractivity contribution in [2.75, 3.05) is 0 Å². The Morgan fingerprint density at radius 1 is 0.292 bits per heavy atom. The van der Waals surface area contributed by atoms with Crippen LogP contribution in [0, 0.1) is 0 Å². The topological polar surface area (TPSA) is 132 Å². The Morgan fingerprint density at radius 2 is 0.508 bits per heavy atom. The Hall–Kier alpha value is -3.16. The average molecular weight is 909 g/mol. The lowest BCUT2D eigenvalue weighted by atomic mass is 9.80. The van der Waals surface area contributed by atoms with Crippen LogP contribution in [-0.2, 0) is 4.79 Å². The van der Waals surface area contributed by atoms with Crippen LogP contribution >= 0.6 is 0 Å². The number of Topliss-reactive ketones (excluding diaryl/α,β-unsaturated/α-hetero) is 4. The molecule has 1 aromatic rings. The summed E-state index contributed by atoms with van der Waals surface area (Å²) < 4.78 is 6.04. The molecule has 0 bridgehead atoms. The van der Waals surface area contributed by atoms with Gasteiger partial charge in [-0.05, 0) is 32.1 Å². The number of carboxylic acid groups (broad SMARTS) is 1. The number of ether oxygens (including phenoxy) is 1. The molecular weight excluding hydrogens is 813 g/mol. The first-order valence-corrected chi connectivity index (χ1v) is 27.4.